The van der Waals surface area contributed by atoms with Crippen LogP contribution in [0.3, 0.4) is 0 Å². The van der Waals surface area contributed by atoms with Crippen molar-refractivity contribution in [2.75, 3.05) is 6.35 Å². The van der Waals surface area contributed by atoms with Crippen LogP contribution in [0.15, 0.2) is 84.9 Å². The average Bonchev–Trinajstić information content (AvgIpc) is 2.72. The highest BCUT2D eigenvalue weighted by atomic mass is 31.2. The first-order valence-electron chi connectivity index (χ1n) is 8.73. The summed E-state index contributed by atoms with van der Waals surface area (Å²) in [6.45, 7) is 0. The fraction of sp³-hybridized carbons (Fsp3) is 0.0455. The van der Waals surface area contributed by atoms with E-state index in [1.165, 1.54) is 0 Å². The number of hydrogen-bond acceptors (Lipinski definition) is 3. The van der Waals surface area contributed by atoms with Gasteiger partial charge in [0.15, 0.2) is 6.35 Å². The zero-order valence-corrected chi connectivity index (χ0v) is 15.8. The second-order valence-electron chi connectivity index (χ2n) is 6.40. The number of aromatic nitrogens is 1. The van der Waals surface area contributed by atoms with Gasteiger partial charge in [0.2, 0.25) is 0 Å². The van der Waals surface area contributed by atoms with E-state index >= 15 is 0 Å². The molecule has 0 spiro atoms. The van der Waals surface area contributed by atoms with E-state index in [1.54, 1.807) is 12.1 Å². The number of hydrogen-bond donors (Lipinski definition) is 2. The lowest BCUT2D eigenvalue weighted by Crippen LogP contribution is -1.97. The van der Waals surface area contributed by atoms with E-state index in [0.29, 0.717) is 5.75 Å². The normalized spacial score (nSPS) is 11.5. The summed E-state index contributed by atoms with van der Waals surface area (Å²) in [4.78, 5) is 22.6. The Morgan fingerprint density at radius 1 is 0.821 bits per heavy atom. The molecule has 0 saturated heterocycles. The van der Waals surface area contributed by atoms with Gasteiger partial charge in [-0.25, -0.2) is 4.98 Å². The van der Waals surface area contributed by atoms with Crippen LogP contribution in [0.2, 0.25) is 0 Å². The molecule has 0 fully saturated rings. The summed E-state index contributed by atoms with van der Waals surface area (Å²) in [5, 5.41) is 1.08. The molecule has 1 heterocycles. The Hall–Kier alpha value is -2.98. The van der Waals surface area contributed by atoms with Crippen LogP contribution in [-0.2, 0) is 4.57 Å². The molecule has 0 radical (unpaired) electrons. The molecule has 3 aromatic carbocycles. The van der Waals surface area contributed by atoms with Crippen LogP contribution in [-0.4, -0.2) is 21.1 Å². The number of ether oxygens (including phenoxy) is 1. The standard InChI is InChI=1S/C22H18NO4P/c24-28(25,26)15-27-18-12-10-17(11-13-18)22-14-20(16-6-2-1-3-7-16)19-8-4-5-9-21(19)23-22/h1-14H,15H2,(H2,24,25,26). The zero-order valence-electron chi connectivity index (χ0n) is 14.9. The number of rotatable bonds is 5. The van der Waals surface area contributed by atoms with Gasteiger partial charge in [-0.05, 0) is 47.5 Å². The molecule has 0 saturated carbocycles. The van der Waals surface area contributed by atoms with Gasteiger partial charge in [-0.1, -0.05) is 48.5 Å². The number of nitrogens with zero attached hydrogens (tertiary/aromatic N) is 1. The highest BCUT2D eigenvalue weighted by molar-refractivity contribution is 7.51. The van der Waals surface area contributed by atoms with Crippen molar-refractivity contribution in [3.63, 3.8) is 0 Å². The van der Waals surface area contributed by atoms with E-state index in [9.17, 15) is 4.57 Å². The van der Waals surface area contributed by atoms with E-state index in [2.05, 4.69) is 24.3 Å². The largest absolute Gasteiger partial charge is 0.481 e. The quantitative estimate of drug-likeness (QED) is 0.464. The van der Waals surface area contributed by atoms with Crippen molar-refractivity contribution in [3.05, 3.63) is 84.9 Å². The lowest BCUT2D eigenvalue weighted by Gasteiger charge is -2.11. The van der Waals surface area contributed by atoms with Gasteiger partial charge in [-0.3, -0.25) is 4.57 Å². The van der Waals surface area contributed by atoms with Gasteiger partial charge in [-0.2, -0.15) is 0 Å². The van der Waals surface area contributed by atoms with Crippen LogP contribution in [0.5, 0.6) is 5.75 Å². The first-order chi connectivity index (χ1) is 13.5. The van der Waals surface area contributed by atoms with Crippen LogP contribution >= 0.6 is 7.60 Å². The molecule has 5 nitrogen and oxygen atoms in total. The van der Waals surface area contributed by atoms with Crippen LogP contribution in [0.25, 0.3) is 33.3 Å². The number of fused-ring (bicyclic) bond motifs is 1. The average molecular weight is 391 g/mol. The van der Waals surface area contributed by atoms with Crippen LogP contribution in [0.4, 0.5) is 0 Å². The number of benzene rings is 3. The summed E-state index contributed by atoms with van der Waals surface area (Å²) in [6.07, 6.45) is -0.640. The van der Waals surface area contributed by atoms with Gasteiger partial charge in [-0.15, -0.1) is 0 Å². The Kier molecular flexibility index (Phi) is 4.97. The first-order valence-corrected chi connectivity index (χ1v) is 10.5. The van der Waals surface area contributed by atoms with Gasteiger partial charge in [0.25, 0.3) is 0 Å². The minimum Gasteiger partial charge on any atom is -0.481 e. The smallest absolute Gasteiger partial charge is 0.362 e. The Morgan fingerprint density at radius 3 is 2.21 bits per heavy atom. The summed E-state index contributed by atoms with van der Waals surface area (Å²) in [7, 11) is -4.20. The molecule has 0 unspecified atom stereocenters. The van der Waals surface area contributed by atoms with Crippen molar-refractivity contribution in [2.24, 2.45) is 0 Å². The molecule has 0 bridgehead atoms. The van der Waals surface area contributed by atoms with Gasteiger partial charge >= 0.3 is 7.60 Å². The zero-order chi connectivity index (χ0) is 19.6. The van der Waals surface area contributed by atoms with E-state index < -0.39 is 13.9 Å². The van der Waals surface area contributed by atoms with Crippen molar-refractivity contribution < 1.29 is 19.1 Å². The second-order valence-corrected chi connectivity index (χ2v) is 7.99. The molecule has 2 N–H and O–H groups in total. The number of pyridine rings is 1. The highest BCUT2D eigenvalue weighted by Gasteiger charge is 2.14. The fourth-order valence-electron chi connectivity index (χ4n) is 3.06. The minimum atomic E-state index is -4.20. The molecule has 140 valence electrons. The molecule has 0 aliphatic rings. The van der Waals surface area contributed by atoms with Crippen molar-refractivity contribution in [3.8, 4) is 28.1 Å². The fourth-order valence-corrected chi connectivity index (χ4v) is 3.38. The summed E-state index contributed by atoms with van der Waals surface area (Å²) < 4.78 is 16.1. The molecule has 0 amide bonds. The topological polar surface area (TPSA) is 79.7 Å². The van der Waals surface area contributed by atoms with E-state index in [4.69, 9.17) is 19.5 Å². The molecule has 4 aromatic rings. The SMILES string of the molecule is O=P(O)(O)COc1ccc(-c2cc(-c3ccccc3)c3ccccc3n2)cc1. The Bertz CT molecular complexity index is 1150. The van der Waals surface area contributed by atoms with Gasteiger partial charge in [0.1, 0.15) is 5.75 Å². The molecule has 1 aromatic heterocycles. The van der Waals surface area contributed by atoms with Crippen LogP contribution in [0.1, 0.15) is 0 Å². The molecule has 4 rings (SSSR count). The van der Waals surface area contributed by atoms with Crippen molar-refractivity contribution >= 4 is 18.5 Å². The third-order valence-electron chi connectivity index (χ3n) is 4.35. The summed E-state index contributed by atoms with van der Waals surface area (Å²) in [5.74, 6) is 0.399. The van der Waals surface area contributed by atoms with Gasteiger partial charge in [0, 0.05) is 10.9 Å². The monoisotopic (exact) mass is 391 g/mol. The lowest BCUT2D eigenvalue weighted by atomic mass is 9.98. The Balaban J connectivity index is 1.74. The Morgan fingerprint density at radius 2 is 1.50 bits per heavy atom. The minimum absolute atomic E-state index is 0.399. The molecule has 28 heavy (non-hydrogen) atoms. The molecular weight excluding hydrogens is 373 g/mol. The predicted molar refractivity (Wildman–Crippen MR) is 110 cm³/mol. The highest BCUT2D eigenvalue weighted by Crippen LogP contribution is 2.35. The third-order valence-corrected chi connectivity index (χ3v) is 4.82. The molecule has 0 aliphatic carbocycles. The molecule has 0 atom stereocenters. The maximum atomic E-state index is 10.9. The maximum Gasteiger partial charge on any atom is 0.362 e. The van der Waals surface area contributed by atoms with Crippen LogP contribution in [0, 0.1) is 0 Å². The van der Waals surface area contributed by atoms with E-state index in [0.717, 1.165) is 33.3 Å². The van der Waals surface area contributed by atoms with Crippen molar-refractivity contribution in [2.45, 2.75) is 0 Å². The molecular formula is C22H18NO4P. The number of para-hydroxylation sites is 1. The Labute approximate surface area is 162 Å². The van der Waals surface area contributed by atoms with E-state index in [1.807, 2.05) is 48.5 Å². The maximum absolute atomic E-state index is 10.9. The third kappa shape index (κ3) is 4.12. The van der Waals surface area contributed by atoms with E-state index in [-0.39, 0.29) is 0 Å². The van der Waals surface area contributed by atoms with Crippen LogP contribution < -0.4 is 4.74 Å². The summed E-state index contributed by atoms with van der Waals surface area (Å²) in [6, 6.07) is 27.3. The summed E-state index contributed by atoms with van der Waals surface area (Å²) >= 11 is 0. The van der Waals surface area contributed by atoms with Gasteiger partial charge in [0.05, 0.1) is 11.2 Å². The first kappa shape index (κ1) is 18.4. The lowest BCUT2D eigenvalue weighted by molar-refractivity contribution is 0.300. The summed E-state index contributed by atoms with van der Waals surface area (Å²) in [5.41, 5.74) is 4.83. The predicted octanol–water partition coefficient (Wildman–Crippen LogP) is 5.08. The van der Waals surface area contributed by atoms with Crippen molar-refractivity contribution in [1.82, 2.24) is 4.98 Å². The molecule has 6 heteroatoms. The van der Waals surface area contributed by atoms with Crippen molar-refractivity contribution in [1.29, 1.82) is 0 Å². The molecule has 0 aliphatic heterocycles. The second kappa shape index (κ2) is 7.56. The van der Waals surface area contributed by atoms with Gasteiger partial charge < -0.3 is 14.5 Å².